The Morgan fingerprint density at radius 3 is 2.68 bits per heavy atom. The van der Waals surface area contributed by atoms with Gasteiger partial charge in [0, 0.05) is 10.6 Å². The van der Waals surface area contributed by atoms with Crippen molar-refractivity contribution in [2.24, 2.45) is 0 Å². The number of aryl methyl sites for hydroxylation is 1. The molecule has 5 nitrogen and oxygen atoms in total. The van der Waals surface area contributed by atoms with Gasteiger partial charge in [0.05, 0.1) is 23.6 Å². The number of hydrogen-bond acceptors (Lipinski definition) is 4. The lowest BCUT2D eigenvalue weighted by Gasteiger charge is -2.09. The second-order valence-corrected chi connectivity index (χ2v) is 8.71. The van der Waals surface area contributed by atoms with Crippen LogP contribution in [0.5, 0.6) is 0 Å². The summed E-state index contributed by atoms with van der Waals surface area (Å²) in [4.78, 5) is 0. The molecular weight excluding hydrogens is 385 g/mol. The SMILES string of the molecule is Cc1nn(Cc2c(F)cccc2Cl)c(C)c1NS(=O)(=O)c1cccs1. The van der Waals surface area contributed by atoms with Gasteiger partial charge in [-0.15, -0.1) is 11.3 Å². The average Bonchev–Trinajstić information content (AvgIpc) is 3.16. The second kappa shape index (κ2) is 6.78. The maximum absolute atomic E-state index is 14.0. The summed E-state index contributed by atoms with van der Waals surface area (Å²) >= 11 is 7.19. The van der Waals surface area contributed by atoms with Gasteiger partial charge in [-0.3, -0.25) is 9.40 Å². The van der Waals surface area contributed by atoms with Crippen LogP contribution in [0.4, 0.5) is 10.1 Å². The molecule has 132 valence electrons. The molecule has 0 amide bonds. The number of benzene rings is 1. The molecule has 0 atom stereocenters. The Hall–Kier alpha value is -1.90. The van der Waals surface area contributed by atoms with E-state index in [9.17, 15) is 12.8 Å². The van der Waals surface area contributed by atoms with Crippen molar-refractivity contribution in [1.29, 1.82) is 0 Å². The molecule has 0 bridgehead atoms. The van der Waals surface area contributed by atoms with Crippen LogP contribution in [0.3, 0.4) is 0 Å². The average molecular weight is 400 g/mol. The lowest BCUT2D eigenvalue weighted by Crippen LogP contribution is -2.13. The van der Waals surface area contributed by atoms with Crippen molar-refractivity contribution >= 4 is 38.6 Å². The highest BCUT2D eigenvalue weighted by atomic mass is 35.5. The highest BCUT2D eigenvalue weighted by Crippen LogP contribution is 2.27. The normalized spacial score (nSPS) is 11.7. The Morgan fingerprint density at radius 2 is 2.04 bits per heavy atom. The molecule has 0 aliphatic rings. The molecule has 2 heterocycles. The van der Waals surface area contributed by atoms with E-state index in [0.717, 1.165) is 11.3 Å². The van der Waals surface area contributed by atoms with Gasteiger partial charge in [-0.2, -0.15) is 5.10 Å². The molecule has 2 aromatic heterocycles. The number of anilines is 1. The van der Waals surface area contributed by atoms with E-state index in [1.165, 1.54) is 22.9 Å². The van der Waals surface area contributed by atoms with Crippen molar-refractivity contribution in [2.75, 3.05) is 4.72 Å². The Labute approximate surface area is 154 Å². The highest BCUT2D eigenvalue weighted by molar-refractivity contribution is 7.94. The number of aromatic nitrogens is 2. The summed E-state index contributed by atoms with van der Waals surface area (Å²) in [5.41, 5.74) is 1.78. The molecule has 1 aromatic carbocycles. The molecule has 0 radical (unpaired) electrons. The van der Waals surface area contributed by atoms with Crippen LogP contribution < -0.4 is 4.72 Å². The third-order valence-corrected chi connectivity index (χ3v) is 6.85. The van der Waals surface area contributed by atoms with Crippen LogP contribution >= 0.6 is 22.9 Å². The van der Waals surface area contributed by atoms with Crippen molar-refractivity contribution in [2.45, 2.75) is 24.6 Å². The van der Waals surface area contributed by atoms with E-state index < -0.39 is 15.8 Å². The zero-order valence-electron chi connectivity index (χ0n) is 13.5. The molecule has 3 rings (SSSR count). The third kappa shape index (κ3) is 3.56. The summed E-state index contributed by atoms with van der Waals surface area (Å²) in [5, 5.41) is 6.31. The summed E-state index contributed by atoms with van der Waals surface area (Å²) in [6.07, 6.45) is 0. The molecule has 0 fully saturated rings. The number of sulfonamides is 1. The molecule has 3 aromatic rings. The predicted octanol–water partition coefficient (Wildman–Crippen LogP) is 4.20. The van der Waals surface area contributed by atoms with E-state index in [1.54, 1.807) is 31.4 Å². The van der Waals surface area contributed by atoms with E-state index in [4.69, 9.17) is 11.6 Å². The van der Waals surface area contributed by atoms with Crippen LogP contribution in [0, 0.1) is 19.7 Å². The van der Waals surface area contributed by atoms with Gasteiger partial charge in [0.2, 0.25) is 0 Å². The van der Waals surface area contributed by atoms with Crippen molar-refractivity contribution in [3.8, 4) is 0 Å². The van der Waals surface area contributed by atoms with Gasteiger partial charge in [-0.1, -0.05) is 23.7 Å². The number of rotatable bonds is 5. The number of nitrogens with zero attached hydrogens (tertiary/aromatic N) is 2. The van der Waals surface area contributed by atoms with E-state index in [-0.39, 0.29) is 10.8 Å². The summed E-state index contributed by atoms with van der Waals surface area (Å²) in [5.74, 6) is -0.430. The molecular formula is C16H15ClFN3O2S2. The van der Waals surface area contributed by atoms with Crippen molar-refractivity contribution in [3.63, 3.8) is 0 Å². The quantitative estimate of drug-likeness (QED) is 0.699. The van der Waals surface area contributed by atoms with Crippen molar-refractivity contribution < 1.29 is 12.8 Å². The second-order valence-electron chi connectivity index (χ2n) is 5.44. The number of thiophene rings is 1. The summed E-state index contributed by atoms with van der Waals surface area (Å²) in [6.45, 7) is 3.53. The van der Waals surface area contributed by atoms with Crippen LogP contribution in [0.2, 0.25) is 5.02 Å². The van der Waals surface area contributed by atoms with Crippen LogP contribution in [-0.4, -0.2) is 18.2 Å². The standard InChI is InChI=1S/C16H15ClFN3O2S2/c1-10-16(20-25(22,23)15-7-4-8-24-15)11(2)21(19-10)9-12-13(17)5-3-6-14(12)18/h3-8,20H,9H2,1-2H3. The minimum absolute atomic E-state index is 0.110. The minimum atomic E-state index is -3.68. The van der Waals surface area contributed by atoms with E-state index in [2.05, 4.69) is 9.82 Å². The summed E-state index contributed by atoms with van der Waals surface area (Å²) < 4.78 is 43.2. The first-order valence-electron chi connectivity index (χ1n) is 7.33. The van der Waals surface area contributed by atoms with Gasteiger partial charge >= 0.3 is 0 Å². The molecule has 0 saturated heterocycles. The lowest BCUT2D eigenvalue weighted by molar-refractivity contribution is 0.579. The molecule has 0 aliphatic carbocycles. The number of nitrogens with one attached hydrogen (secondary N) is 1. The minimum Gasteiger partial charge on any atom is -0.275 e. The number of halogens is 2. The smallest absolute Gasteiger partial charge is 0.271 e. The van der Waals surface area contributed by atoms with E-state index in [1.807, 2.05) is 0 Å². The zero-order valence-corrected chi connectivity index (χ0v) is 15.8. The van der Waals surface area contributed by atoms with Gasteiger partial charge in [-0.05, 0) is 37.4 Å². The van der Waals surface area contributed by atoms with Gasteiger partial charge in [-0.25, -0.2) is 12.8 Å². The maximum Gasteiger partial charge on any atom is 0.271 e. The van der Waals surface area contributed by atoms with Gasteiger partial charge < -0.3 is 0 Å². The van der Waals surface area contributed by atoms with Crippen molar-refractivity contribution in [1.82, 2.24) is 9.78 Å². The third-order valence-electron chi connectivity index (χ3n) is 3.75. The van der Waals surface area contributed by atoms with Crippen molar-refractivity contribution in [3.05, 3.63) is 63.5 Å². The first-order valence-corrected chi connectivity index (χ1v) is 10.1. The number of hydrogen-bond donors (Lipinski definition) is 1. The first kappa shape index (κ1) is 17.9. The monoisotopic (exact) mass is 399 g/mol. The molecule has 0 aliphatic heterocycles. The van der Waals surface area contributed by atoms with Crippen LogP contribution in [0.1, 0.15) is 17.0 Å². The van der Waals surface area contributed by atoms with Gasteiger partial charge in [0.1, 0.15) is 10.0 Å². The van der Waals surface area contributed by atoms with Crippen LogP contribution in [0.25, 0.3) is 0 Å². The Balaban J connectivity index is 1.94. The summed E-state index contributed by atoms with van der Waals surface area (Å²) in [6, 6.07) is 7.66. The van der Waals surface area contributed by atoms with Crippen LogP contribution in [-0.2, 0) is 16.6 Å². The van der Waals surface area contributed by atoms with Crippen LogP contribution in [0.15, 0.2) is 39.9 Å². The Kier molecular flexibility index (Phi) is 4.86. The fourth-order valence-electron chi connectivity index (χ4n) is 2.43. The Bertz CT molecular complexity index is 994. The molecule has 25 heavy (non-hydrogen) atoms. The van der Waals surface area contributed by atoms with Gasteiger partial charge in [0.15, 0.2) is 0 Å². The molecule has 9 heteroatoms. The molecule has 0 saturated carbocycles. The largest absolute Gasteiger partial charge is 0.275 e. The summed E-state index contributed by atoms with van der Waals surface area (Å²) in [7, 11) is -3.68. The molecule has 0 unspecified atom stereocenters. The zero-order chi connectivity index (χ0) is 18.2. The Morgan fingerprint density at radius 1 is 1.28 bits per heavy atom. The van der Waals surface area contributed by atoms with E-state index in [0.29, 0.717) is 27.7 Å². The first-order chi connectivity index (χ1) is 11.8. The topological polar surface area (TPSA) is 64.0 Å². The predicted molar refractivity (Wildman–Crippen MR) is 97.3 cm³/mol. The van der Waals surface area contributed by atoms with Gasteiger partial charge in [0.25, 0.3) is 10.0 Å². The van der Waals surface area contributed by atoms with E-state index >= 15 is 0 Å². The fraction of sp³-hybridized carbons (Fsp3) is 0.188. The molecule has 0 spiro atoms. The highest BCUT2D eigenvalue weighted by Gasteiger charge is 2.21. The lowest BCUT2D eigenvalue weighted by atomic mass is 10.2. The molecule has 1 N–H and O–H groups in total. The maximum atomic E-state index is 14.0. The fourth-order valence-corrected chi connectivity index (χ4v) is 4.82.